The molecule has 0 bridgehead atoms. The standard InChI is InChI=1S/C17H24N2O3S/c1-13-4-3-5-14(8-13)9-18-16(20)11-19-6-7-23-12-15(10-19)17(21)22-2/h3-5,8,15H,6-7,9-12H2,1-2H3,(H,18,20). The summed E-state index contributed by atoms with van der Waals surface area (Å²) in [5.74, 6) is 1.33. The number of nitrogens with zero attached hydrogens (tertiary/aromatic N) is 1. The first-order chi connectivity index (χ1) is 11.1. The molecule has 5 nitrogen and oxygen atoms in total. The molecular weight excluding hydrogens is 312 g/mol. The average molecular weight is 336 g/mol. The Balaban J connectivity index is 1.82. The lowest BCUT2D eigenvalue weighted by Crippen LogP contribution is -2.41. The SMILES string of the molecule is COC(=O)C1CSCCN(CC(=O)NCc2cccc(C)c2)C1. The highest BCUT2D eigenvalue weighted by Crippen LogP contribution is 2.16. The van der Waals surface area contributed by atoms with Crippen molar-refractivity contribution in [1.29, 1.82) is 0 Å². The predicted molar refractivity (Wildman–Crippen MR) is 92.3 cm³/mol. The zero-order valence-corrected chi connectivity index (χ0v) is 14.5. The number of hydrogen-bond acceptors (Lipinski definition) is 5. The smallest absolute Gasteiger partial charge is 0.310 e. The number of hydrogen-bond donors (Lipinski definition) is 1. The van der Waals surface area contributed by atoms with Gasteiger partial charge in [0.15, 0.2) is 0 Å². The lowest BCUT2D eigenvalue weighted by molar-refractivity contribution is -0.145. The minimum Gasteiger partial charge on any atom is -0.469 e. The average Bonchev–Trinajstić information content (AvgIpc) is 2.78. The molecule has 0 aromatic heterocycles. The summed E-state index contributed by atoms with van der Waals surface area (Å²) in [6.07, 6.45) is 0. The molecule has 1 amide bonds. The Hall–Kier alpha value is -1.53. The van der Waals surface area contributed by atoms with Crippen LogP contribution in [0.5, 0.6) is 0 Å². The van der Waals surface area contributed by atoms with E-state index >= 15 is 0 Å². The van der Waals surface area contributed by atoms with Gasteiger partial charge in [-0.15, -0.1) is 0 Å². The van der Waals surface area contributed by atoms with Gasteiger partial charge in [0, 0.05) is 31.1 Å². The second-order valence-electron chi connectivity index (χ2n) is 5.80. The van der Waals surface area contributed by atoms with E-state index in [0.717, 1.165) is 23.6 Å². The first kappa shape index (κ1) is 17.8. The molecule has 23 heavy (non-hydrogen) atoms. The van der Waals surface area contributed by atoms with Crippen LogP contribution in [0.3, 0.4) is 0 Å². The number of aryl methyl sites for hydroxylation is 1. The van der Waals surface area contributed by atoms with Gasteiger partial charge in [-0.1, -0.05) is 29.8 Å². The van der Waals surface area contributed by atoms with Crippen molar-refractivity contribution < 1.29 is 14.3 Å². The number of carbonyl (C=O) groups is 2. The van der Waals surface area contributed by atoms with E-state index < -0.39 is 0 Å². The molecule has 1 fully saturated rings. The van der Waals surface area contributed by atoms with Crippen molar-refractivity contribution in [3.63, 3.8) is 0 Å². The van der Waals surface area contributed by atoms with E-state index in [1.165, 1.54) is 12.7 Å². The molecule has 6 heteroatoms. The van der Waals surface area contributed by atoms with E-state index in [9.17, 15) is 9.59 Å². The third-order valence-corrected chi connectivity index (χ3v) is 4.93. The Labute approximate surface area is 141 Å². The summed E-state index contributed by atoms with van der Waals surface area (Å²) in [5, 5.41) is 2.95. The highest BCUT2D eigenvalue weighted by Gasteiger charge is 2.26. The van der Waals surface area contributed by atoms with Crippen LogP contribution in [0.1, 0.15) is 11.1 Å². The van der Waals surface area contributed by atoms with Crippen LogP contribution in [0.2, 0.25) is 0 Å². The number of nitrogens with one attached hydrogen (secondary N) is 1. The van der Waals surface area contributed by atoms with Gasteiger partial charge < -0.3 is 10.1 Å². The minimum absolute atomic E-state index is 0.0120. The van der Waals surface area contributed by atoms with Crippen molar-refractivity contribution in [2.24, 2.45) is 5.92 Å². The van der Waals surface area contributed by atoms with E-state index in [2.05, 4.69) is 11.4 Å². The van der Waals surface area contributed by atoms with E-state index in [4.69, 9.17) is 4.74 Å². The Morgan fingerprint density at radius 1 is 1.43 bits per heavy atom. The molecule has 1 N–H and O–H groups in total. The summed E-state index contributed by atoms with van der Waals surface area (Å²) < 4.78 is 4.84. The fourth-order valence-corrected chi connectivity index (χ4v) is 3.69. The summed E-state index contributed by atoms with van der Waals surface area (Å²) in [4.78, 5) is 25.9. The molecule has 1 atom stereocenters. The van der Waals surface area contributed by atoms with Gasteiger partial charge in [0.05, 0.1) is 19.6 Å². The number of carbonyl (C=O) groups excluding carboxylic acids is 2. The number of thioether (sulfide) groups is 1. The molecule has 0 saturated carbocycles. The summed E-state index contributed by atoms with van der Waals surface area (Å²) in [6.45, 7) is 4.28. The maximum Gasteiger partial charge on any atom is 0.310 e. The molecule has 0 radical (unpaired) electrons. The molecule has 0 aliphatic carbocycles. The Morgan fingerprint density at radius 2 is 2.26 bits per heavy atom. The molecule has 1 saturated heterocycles. The van der Waals surface area contributed by atoms with Crippen molar-refractivity contribution in [2.45, 2.75) is 13.5 Å². The summed E-state index contributed by atoms with van der Waals surface area (Å²) in [5.41, 5.74) is 2.28. The maximum atomic E-state index is 12.2. The van der Waals surface area contributed by atoms with Crippen LogP contribution in [0.4, 0.5) is 0 Å². The number of benzene rings is 1. The van der Waals surface area contributed by atoms with Crippen LogP contribution in [0.15, 0.2) is 24.3 Å². The lowest BCUT2D eigenvalue weighted by Gasteiger charge is -2.22. The van der Waals surface area contributed by atoms with E-state index in [0.29, 0.717) is 19.6 Å². The normalized spacial score (nSPS) is 19.0. The van der Waals surface area contributed by atoms with E-state index in [1.54, 1.807) is 11.8 Å². The maximum absolute atomic E-state index is 12.2. The quantitative estimate of drug-likeness (QED) is 0.825. The van der Waals surface area contributed by atoms with Crippen molar-refractivity contribution in [3.05, 3.63) is 35.4 Å². The van der Waals surface area contributed by atoms with Gasteiger partial charge in [0.2, 0.25) is 5.91 Å². The lowest BCUT2D eigenvalue weighted by atomic mass is 10.1. The third kappa shape index (κ3) is 5.88. The van der Waals surface area contributed by atoms with Gasteiger partial charge in [0.1, 0.15) is 0 Å². The van der Waals surface area contributed by atoms with Crippen molar-refractivity contribution in [1.82, 2.24) is 10.2 Å². The van der Waals surface area contributed by atoms with E-state index in [1.807, 2.05) is 30.0 Å². The fourth-order valence-electron chi connectivity index (χ4n) is 2.61. The number of esters is 1. The van der Waals surface area contributed by atoms with Crippen LogP contribution < -0.4 is 5.32 Å². The summed E-state index contributed by atoms with van der Waals surface area (Å²) in [6, 6.07) is 8.09. The van der Waals surface area contributed by atoms with Gasteiger partial charge in [-0.05, 0) is 12.5 Å². The molecule has 126 valence electrons. The second kappa shape index (κ2) is 8.93. The summed E-state index contributed by atoms with van der Waals surface area (Å²) >= 11 is 1.74. The Kier molecular flexibility index (Phi) is 6.92. The van der Waals surface area contributed by atoms with Crippen LogP contribution in [0, 0.1) is 12.8 Å². The van der Waals surface area contributed by atoms with Crippen LogP contribution in [0.25, 0.3) is 0 Å². The zero-order chi connectivity index (χ0) is 16.7. The van der Waals surface area contributed by atoms with Gasteiger partial charge in [-0.2, -0.15) is 11.8 Å². The molecule has 1 aliphatic heterocycles. The van der Waals surface area contributed by atoms with Crippen LogP contribution in [-0.4, -0.2) is 55.0 Å². The van der Waals surface area contributed by atoms with Gasteiger partial charge in [0.25, 0.3) is 0 Å². The minimum atomic E-state index is -0.190. The Morgan fingerprint density at radius 3 is 3.00 bits per heavy atom. The van der Waals surface area contributed by atoms with Crippen molar-refractivity contribution in [3.8, 4) is 0 Å². The highest BCUT2D eigenvalue weighted by atomic mass is 32.2. The van der Waals surface area contributed by atoms with Gasteiger partial charge >= 0.3 is 5.97 Å². The number of ether oxygens (including phenoxy) is 1. The molecular formula is C17H24N2O3S. The third-order valence-electron chi connectivity index (χ3n) is 3.82. The predicted octanol–water partition coefficient (Wildman–Crippen LogP) is 1.45. The largest absolute Gasteiger partial charge is 0.469 e. The molecule has 1 aromatic rings. The van der Waals surface area contributed by atoms with Crippen molar-refractivity contribution >= 4 is 23.6 Å². The molecule has 0 spiro atoms. The highest BCUT2D eigenvalue weighted by molar-refractivity contribution is 7.99. The number of methoxy groups -OCH3 is 1. The van der Waals surface area contributed by atoms with E-state index in [-0.39, 0.29) is 17.8 Å². The zero-order valence-electron chi connectivity index (χ0n) is 13.7. The van der Waals surface area contributed by atoms with Gasteiger partial charge in [-0.25, -0.2) is 0 Å². The summed E-state index contributed by atoms with van der Waals surface area (Å²) in [7, 11) is 1.41. The van der Waals surface area contributed by atoms with Crippen LogP contribution >= 0.6 is 11.8 Å². The van der Waals surface area contributed by atoms with Crippen LogP contribution in [-0.2, 0) is 20.9 Å². The van der Waals surface area contributed by atoms with Gasteiger partial charge in [-0.3, -0.25) is 14.5 Å². The number of rotatable bonds is 5. The molecule has 2 rings (SSSR count). The first-order valence-corrected chi connectivity index (χ1v) is 8.94. The molecule has 1 unspecified atom stereocenters. The molecule has 1 aliphatic rings. The number of amides is 1. The Bertz CT molecular complexity index is 550. The molecule has 1 heterocycles. The van der Waals surface area contributed by atoms with Crippen molar-refractivity contribution in [2.75, 3.05) is 38.2 Å². The topological polar surface area (TPSA) is 58.6 Å². The first-order valence-electron chi connectivity index (χ1n) is 7.78. The monoisotopic (exact) mass is 336 g/mol. The molecule has 1 aromatic carbocycles. The fraction of sp³-hybridized carbons (Fsp3) is 0.529. The second-order valence-corrected chi connectivity index (χ2v) is 6.95.